The van der Waals surface area contributed by atoms with Gasteiger partial charge in [-0.3, -0.25) is 0 Å². The lowest BCUT2D eigenvalue weighted by Gasteiger charge is -2.32. The Bertz CT molecular complexity index is 205. The normalized spacial score (nSPS) is 18.9. The number of piperidine rings is 1. The maximum absolute atomic E-state index is 11.6. The van der Waals surface area contributed by atoms with Crippen molar-refractivity contribution in [1.82, 2.24) is 15.1 Å². The molecular formula is C11H25N3O. The van der Waals surface area contributed by atoms with Crippen LogP contribution >= 0.6 is 0 Å². The van der Waals surface area contributed by atoms with Crippen LogP contribution < -0.4 is 5.32 Å². The van der Waals surface area contributed by atoms with Gasteiger partial charge < -0.3 is 15.1 Å². The fourth-order valence-electron chi connectivity index (χ4n) is 1.82. The van der Waals surface area contributed by atoms with Crippen molar-refractivity contribution < 1.29 is 6.22 Å². The van der Waals surface area contributed by atoms with Crippen LogP contribution in [0.2, 0.25) is 0 Å². The lowest BCUT2D eigenvalue weighted by Crippen LogP contribution is -2.48. The van der Waals surface area contributed by atoms with E-state index in [1.54, 1.807) is 4.90 Å². The number of carbonyl (C=O) groups is 1. The zero-order chi connectivity index (χ0) is 11.3. The molecule has 1 N–H and O–H groups in total. The molecule has 15 heavy (non-hydrogen) atoms. The van der Waals surface area contributed by atoms with Crippen LogP contribution in [0.5, 0.6) is 0 Å². The molecule has 0 aliphatic carbocycles. The molecule has 1 aliphatic rings. The predicted molar refractivity (Wildman–Crippen MR) is 64.1 cm³/mol. The summed E-state index contributed by atoms with van der Waals surface area (Å²) in [5.41, 5.74) is 0. The standard InChI is InChI=1S/C11H23N3O.H2/c1-4-13(3)11(15)12-10-6-8-14(5-2)9-7-10;/h10H,4-9H2,1-3H3,(H,12,15);1H. The van der Waals surface area contributed by atoms with E-state index in [4.69, 9.17) is 0 Å². The third-order valence-corrected chi connectivity index (χ3v) is 3.18. The van der Waals surface area contributed by atoms with Crippen molar-refractivity contribution in [3.05, 3.63) is 0 Å². The van der Waals surface area contributed by atoms with E-state index in [1.165, 1.54) is 0 Å². The molecule has 0 unspecified atom stereocenters. The summed E-state index contributed by atoms with van der Waals surface area (Å²) in [6.45, 7) is 8.27. The van der Waals surface area contributed by atoms with E-state index in [-0.39, 0.29) is 7.46 Å². The second-order valence-electron chi connectivity index (χ2n) is 4.17. The van der Waals surface area contributed by atoms with Crippen molar-refractivity contribution >= 4 is 6.03 Å². The minimum Gasteiger partial charge on any atom is -0.335 e. The third-order valence-electron chi connectivity index (χ3n) is 3.18. The van der Waals surface area contributed by atoms with Crippen LogP contribution in [0.15, 0.2) is 0 Å². The first-order valence-electron chi connectivity index (χ1n) is 5.91. The van der Waals surface area contributed by atoms with Gasteiger partial charge in [0.2, 0.25) is 0 Å². The minimum atomic E-state index is 0. The molecule has 2 amide bonds. The van der Waals surface area contributed by atoms with Crippen LogP contribution in [0.1, 0.15) is 28.1 Å². The van der Waals surface area contributed by atoms with Crippen molar-refractivity contribution in [1.29, 1.82) is 0 Å². The Morgan fingerprint density at radius 3 is 2.53 bits per heavy atom. The molecule has 4 nitrogen and oxygen atoms in total. The van der Waals surface area contributed by atoms with Crippen molar-refractivity contribution in [2.75, 3.05) is 33.2 Å². The van der Waals surface area contributed by atoms with Gasteiger partial charge in [0, 0.05) is 34.2 Å². The van der Waals surface area contributed by atoms with Crippen LogP contribution in [0, 0.1) is 0 Å². The van der Waals surface area contributed by atoms with Crippen LogP contribution in [-0.2, 0) is 0 Å². The molecule has 0 aromatic carbocycles. The Morgan fingerprint density at radius 1 is 1.47 bits per heavy atom. The highest BCUT2D eigenvalue weighted by Crippen LogP contribution is 2.09. The number of urea groups is 1. The summed E-state index contributed by atoms with van der Waals surface area (Å²) in [5, 5.41) is 3.07. The van der Waals surface area contributed by atoms with Crippen LogP contribution in [0.3, 0.4) is 0 Å². The van der Waals surface area contributed by atoms with Crippen molar-refractivity contribution in [3.63, 3.8) is 0 Å². The Morgan fingerprint density at radius 2 is 2.07 bits per heavy atom. The van der Waals surface area contributed by atoms with Crippen molar-refractivity contribution in [2.24, 2.45) is 0 Å². The zero-order valence-electron chi connectivity index (χ0n) is 10.1. The molecule has 1 rings (SSSR count). The quantitative estimate of drug-likeness (QED) is 0.772. The smallest absolute Gasteiger partial charge is 0.317 e. The average Bonchev–Trinajstić information content (AvgIpc) is 2.29. The first kappa shape index (κ1) is 12.3. The van der Waals surface area contributed by atoms with E-state index in [9.17, 15) is 4.79 Å². The lowest BCUT2D eigenvalue weighted by atomic mass is 10.1. The summed E-state index contributed by atoms with van der Waals surface area (Å²) in [6, 6.07) is 0.432. The SMILES string of the molecule is CCN1CCC(NC(=O)N(C)CC)CC1.[HH]. The molecule has 0 aromatic heterocycles. The molecule has 0 saturated carbocycles. The zero-order valence-corrected chi connectivity index (χ0v) is 10.1. The number of nitrogens with zero attached hydrogens (tertiary/aromatic N) is 2. The van der Waals surface area contributed by atoms with Gasteiger partial charge in [-0.05, 0) is 26.3 Å². The van der Waals surface area contributed by atoms with E-state index < -0.39 is 0 Å². The van der Waals surface area contributed by atoms with Gasteiger partial charge >= 0.3 is 6.03 Å². The highest BCUT2D eigenvalue weighted by atomic mass is 16.2. The first-order chi connectivity index (χ1) is 7.17. The van der Waals surface area contributed by atoms with Gasteiger partial charge in [-0.1, -0.05) is 6.92 Å². The van der Waals surface area contributed by atoms with E-state index in [2.05, 4.69) is 17.1 Å². The number of rotatable bonds is 3. The van der Waals surface area contributed by atoms with Crippen molar-refractivity contribution in [2.45, 2.75) is 32.7 Å². The van der Waals surface area contributed by atoms with Gasteiger partial charge in [0.15, 0.2) is 0 Å². The van der Waals surface area contributed by atoms with E-state index in [0.29, 0.717) is 6.04 Å². The summed E-state index contributed by atoms with van der Waals surface area (Å²) in [7, 11) is 1.83. The summed E-state index contributed by atoms with van der Waals surface area (Å²) < 4.78 is 0. The van der Waals surface area contributed by atoms with Crippen molar-refractivity contribution in [3.8, 4) is 0 Å². The molecule has 90 valence electrons. The number of amides is 2. The second kappa shape index (κ2) is 5.95. The number of hydrogen-bond donors (Lipinski definition) is 1. The second-order valence-corrected chi connectivity index (χ2v) is 4.17. The fraction of sp³-hybridized carbons (Fsp3) is 0.909. The minimum absolute atomic E-state index is 0. The average molecular weight is 215 g/mol. The fourth-order valence-corrected chi connectivity index (χ4v) is 1.82. The third kappa shape index (κ3) is 3.70. The van der Waals surface area contributed by atoms with E-state index in [0.717, 1.165) is 39.0 Å². The summed E-state index contributed by atoms with van der Waals surface area (Å²) in [4.78, 5) is 15.7. The molecule has 1 fully saturated rings. The van der Waals surface area contributed by atoms with Gasteiger partial charge in [-0.2, -0.15) is 0 Å². The maximum Gasteiger partial charge on any atom is 0.317 e. The Hall–Kier alpha value is -0.770. The molecule has 1 saturated heterocycles. The molecule has 1 heterocycles. The van der Waals surface area contributed by atoms with Crippen LogP contribution in [0.25, 0.3) is 0 Å². The van der Waals surface area contributed by atoms with Gasteiger partial charge in [-0.15, -0.1) is 0 Å². The topological polar surface area (TPSA) is 35.6 Å². The van der Waals surface area contributed by atoms with Gasteiger partial charge in [0.05, 0.1) is 0 Å². The highest BCUT2D eigenvalue weighted by molar-refractivity contribution is 5.74. The monoisotopic (exact) mass is 215 g/mol. The Balaban J connectivity index is 0.00000225. The van der Waals surface area contributed by atoms with Gasteiger partial charge in [0.1, 0.15) is 0 Å². The van der Waals surface area contributed by atoms with Gasteiger partial charge in [0.25, 0.3) is 0 Å². The molecule has 0 spiro atoms. The molecule has 0 atom stereocenters. The van der Waals surface area contributed by atoms with Crippen LogP contribution in [-0.4, -0.2) is 55.1 Å². The molecule has 4 heteroatoms. The number of nitrogens with one attached hydrogen (secondary N) is 1. The molecular weight excluding hydrogens is 190 g/mol. The van der Waals surface area contributed by atoms with E-state index >= 15 is 0 Å². The van der Waals surface area contributed by atoms with E-state index in [1.807, 2.05) is 14.0 Å². The Kier molecular flexibility index (Phi) is 4.88. The largest absolute Gasteiger partial charge is 0.335 e. The highest BCUT2D eigenvalue weighted by Gasteiger charge is 2.20. The van der Waals surface area contributed by atoms with Crippen LogP contribution in [0.4, 0.5) is 4.79 Å². The summed E-state index contributed by atoms with van der Waals surface area (Å²) >= 11 is 0. The summed E-state index contributed by atoms with van der Waals surface area (Å²) in [6.07, 6.45) is 2.16. The molecule has 0 radical (unpaired) electrons. The molecule has 1 aliphatic heterocycles. The number of carbonyl (C=O) groups excluding carboxylic acids is 1. The lowest BCUT2D eigenvalue weighted by molar-refractivity contribution is 0.183. The predicted octanol–water partition coefficient (Wildman–Crippen LogP) is 1.38. The summed E-state index contributed by atoms with van der Waals surface area (Å²) in [5.74, 6) is 0. The molecule has 0 aromatic rings. The maximum atomic E-state index is 11.6. The first-order valence-corrected chi connectivity index (χ1v) is 5.91. The molecule has 0 bridgehead atoms. The number of likely N-dealkylation sites (tertiary alicyclic amines) is 1. The van der Waals surface area contributed by atoms with Gasteiger partial charge in [-0.25, -0.2) is 4.79 Å². The Labute approximate surface area is 94.1 Å². The number of hydrogen-bond acceptors (Lipinski definition) is 2.